The minimum Gasteiger partial charge on any atom is -0.462 e. The van der Waals surface area contributed by atoms with E-state index in [9.17, 15) is 14.4 Å². The molecule has 0 aliphatic rings. The standard InChI is InChI=1S/C73H134O6/c1-4-7-10-13-16-19-22-25-27-28-29-30-31-32-33-34-35-36-37-38-39-40-41-42-43-44-46-48-51-54-57-60-63-66-72(75)78-69-70(68-77-71(74)65-62-59-56-53-50-47-24-21-18-15-12-9-6-3)79-73(76)67-64-61-58-55-52-49-45-26-23-20-17-14-11-8-5-2/h12,15,21,24,26,28-29,45,70H,4-11,13-14,16-20,22-23,25,27,30-44,46-69H2,1-3H3/b15-12-,24-21-,29-28-,45-26-. The van der Waals surface area contributed by atoms with Crippen molar-refractivity contribution in [1.82, 2.24) is 0 Å². The van der Waals surface area contributed by atoms with Gasteiger partial charge in [-0.15, -0.1) is 0 Å². The summed E-state index contributed by atoms with van der Waals surface area (Å²) in [4.78, 5) is 38.3. The van der Waals surface area contributed by atoms with Crippen molar-refractivity contribution < 1.29 is 28.6 Å². The number of unbranched alkanes of at least 4 members (excludes halogenated alkanes) is 46. The van der Waals surface area contributed by atoms with Crippen LogP contribution < -0.4 is 0 Å². The van der Waals surface area contributed by atoms with Gasteiger partial charge in [-0.05, 0) is 96.3 Å². The van der Waals surface area contributed by atoms with Gasteiger partial charge in [0.1, 0.15) is 13.2 Å². The van der Waals surface area contributed by atoms with Crippen molar-refractivity contribution in [2.24, 2.45) is 0 Å². The van der Waals surface area contributed by atoms with Crippen molar-refractivity contribution in [3.8, 4) is 0 Å². The van der Waals surface area contributed by atoms with Gasteiger partial charge in [0, 0.05) is 19.3 Å². The van der Waals surface area contributed by atoms with Crippen molar-refractivity contribution >= 4 is 17.9 Å². The number of rotatable bonds is 65. The smallest absolute Gasteiger partial charge is 0.306 e. The molecular weight excluding hydrogens is 973 g/mol. The van der Waals surface area contributed by atoms with Crippen LogP contribution >= 0.6 is 0 Å². The number of hydrogen-bond donors (Lipinski definition) is 0. The molecule has 0 aromatic heterocycles. The highest BCUT2D eigenvalue weighted by Gasteiger charge is 2.19. The van der Waals surface area contributed by atoms with Crippen LogP contribution in [0.3, 0.4) is 0 Å². The molecule has 6 heteroatoms. The number of carbonyl (C=O) groups excluding carboxylic acids is 3. The first-order valence-electron chi connectivity index (χ1n) is 35.1. The van der Waals surface area contributed by atoms with Crippen molar-refractivity contribution in [3.63, 3.8) is 0 Å². The Morgan fingerprint density at radius 1 is 0.253 bits per heavy atom. The summed E-state index contributed by atoms with van der Waals surface area (Å²) < 4.78 is 16.9. The number of esters is 3. The van der Waals surface area contributed by atoms with E-state index >= 15 is 0 Å². The summed E-state index contributed by atoms with van der Waals surface area (Å²) in [6.45, 7) is 6.60. The maximum Gasteiger partial charge on any atom is 0.306 e. The molecule has 0 aliphatic carbocycles. The van der Waals surface area contributed by atoms with E-state index in [1.807, 2.05) is 0 Å². The lowest BCUT2D eigenvalue weighted by Crippen LogP contribution is -2.30. The largest absolute Gasteiger partial charge is 0.462 e. The molecule has 0 amide bonds. The highest BCUT2D eigenvalue weighted by Crippen LogP contribution is 2.18. The lowest BCUT2D eigenvalue weighted by molar-refractivity contribution is -0.167. The first kappa shape index (κ1) is 76.4. The third-order valence-electron chi connectivity index (χ3n) is 15.8. The minimum absolute atomic E-state index is 0.0774. The summed E-state index contributed by atoms with van der Waals surface area (Å²) in [5.41, 5.74) is 0. The Hall–Kier alpha value is -2.63. The molecule has 0 aliphatic heterocycles. The molecule has 0 aromatic carbocycles. The Morgan fingerprint density at radius 2 is 0.481 bits per heavy atom. The average Bonchev–Trinajstić information content (AvgIpc) is 3.45. The lowest BCUT2D eigenvalue weighted by atomic mass is 10.0. The highest BCUT2D eigenvalue weighted by atomic mass is 16.6. The Bertz CT molecular complexity index is 1360. The molecule has 1 unspecified atom stereocenters. The topological polar surface area (TPSA) is 78.9 Å². The molecule has 0 heterocycles. The Kier molecular flexibility index (Phi) is 65.6. The van der Waals surface area contributed by atoms with E-state index in [-0.39, 0.29) is 31.1 Å². The first-order valence-corrected chi connectivity index (χ1v) is 35.1. The Labute approximate surface area is 492 Å². The van der Waals surface area contributed by atoms with Crippen LogP contribution in [0, 0.1) is 0 Å². The van der Waals surface area contributed by atoms with Crippen molar-refractivity contribution in [3.05, 3.63) is 48.6 Å². The Morgan fingerprint density at radius 3 is 0.759 bits per heavy atom. The second-order valence-electron chi connectivity index (χ2n) is 23.8. The maximum absolute atomic E-state index is 12.9. The Balaban J connectivity index is 4.09. The summed E-state index contributed by atoms with van der Waals surface area (Å²) in [5.74, 6) is -0.880. The highest BCUT2D eigenvalue weighted by molar-refractivity contribution is 5.71. The molecule has 0 saturated heterocycles. The van der Waals surface area contributed by atoms with Gasteiger partial charge < -0.3 is 14.2 Å². The van der Waals surface area contributed by atoms with Gasteiger partial charge in [0.15, 0.2) is 6.10 Å². The molecular formula is C73H134O6. The molecule has 0 spiro atoms. The van der Waals surface area contributed by atoms with Crippen molar-refractivity contribution in [1.29, 1.82) is 0 Å². The fourth-order valence-corrected chi connectivity index (χ4v) is 10.5. The normalized spacial score (nSPS) is 12.3. The number of allylic oxidation sites excluding steroid dienone is 8. The minimum atomic E-state index is -0.782. The van der Waals surface area contributed by atoms with E-state index in [4.69, 9.17) is 14.2 Å². The van der Waals surface area contributed by atoms with E-state index < -0.39 is 6.10 Å². The van der Waals surface area contributed by atoms with Crippen molar-refractivity contribution in [2.75, 3.05) is 13.2 Å². The second-order valence-corrected chi connectivity index (χ2v) is 23.8. The number of ether oxygens (including phenoxy) is 3. The van der Waals surface area contributed by atoms with Gasteiger partial charge in [0.05, 0.1) is 0 Å². The van der Waals surface area contributed by atoms with Gasteiger partial charge in [-0.3, -0.25) is 14.4 Å². The van der Waals surface area contributed by atoms with E-state index in [1.165, 1.54) is 250 Å². The molecule has 0 N–H and O–H groups in total. The van der Waals surface area contributed by atoms with Gasteiger partial charge in [-0.2, -0.15) is 0 Å². The molecule has 0 rings (SSSR count). The van der Waals surface area contributed by atoms with Gasteiger partial charge in [0.2, 0.25) is 0 Å². The van der Waals surface area contributed by atoms with Gasteiger partial charge >= 0.3 is 17.9 Å². The molecule has 0 saturated carbocycles. The molecule has 0 radical (unpaired) electrons. The summed E-state index contributed by atoms with van der Waals surface area (Å²) in [6, 6.07) is 0. The van der Waals surface area contributed by atoms with E-state index in [1.54, 1.807) is 0 Å². The van der Waals surface area contributed by atoms with Gasteiger partial charge in [-0.25, -0.2) is 0 Å². The molecule has 462 valence electrons. The zero-order valence-electron chi connectivity index (χ0n) is 53.2. The summed E-state index contributed by atoms with van der Waals surface area (Å²) in [5, 5.41) is 0. The van der Waals surface area contributed by atoms with Crippen LogP contribution in [-0.4, -0.2) is 37.2 Å². The average molecular weight is 1110 g/mol. The summed E-state index contributed by atoms with van der Waals surface area (Å²) in [7, 11) is 0. The van der Waals surface area contributed by atoms with E-state index in [2.05, 4.69) is 69.4 Å². The van der Waals surface area contributed by atoms with Gasteiger partial charge in [0.25, 0.3) is 0 Å². The van der Waals surface area contributed by atoms with Crippen LogP contribution in [0.25, 0.3) is 0 Å². The zero-order valence-corrected chi connectivity index (χ0v) is 53.2. The first-order chi connectivity index (χ1) is 39.0. The zero-order chi connectivity index (χ0) is 57.1. The predicted molar refractivity (Wildman–Crippen MR) is 344 cm³/mol. The molecule has 1 atom stereocenters. The second kappa shape index (κ2) is 67.9. The SMILES string of the molecule is CCC/C=C\C/C=C\CCCCCCCC(=O)OCC(COC(=O)CCCCCCCCCCCCCCCCCCCCCCC/C=C\CCCCCCCCCC)OC(=O)CCCCCCC/C=C\CCCCCCCC. The van der Waals surface area contributed by atoms with E-state index in [0.29, 0.717) is 19.3 Å². The maximum atomic E-state index is 12.9. The number of carbonyl (C=O) groups is 3. The fraction of sp³-hybridized carbons (Fsp3) is 0.849. The van der Waals surface area contributed by atoms with E-state index in [0.717, 1.165) is 89.9 Å². The molecule has 79 heavy (non-hydrogen) atoms. The molecule has 0 aromatic rings. The molecule has 0 bridgehead atoms. The van der Waals surface area contributed by atoms with Crippen LogP contribution in [-0.2, 0) is 28.6 Å². The van der Waals surface area contributed by atoms with Crippen LogP contribution in [0.5, 0.6) is 0 Å². The third kappa shape index (κ3) is 66.1. The summed E-state index contributed by atoms with van der Waals surface area (Å²) >= 11 is 0. The molecule has 0 fully saturated rings. The third-order valence-corrected chi connectivity index (χ3v) is 15.8. The monoisotopic (exact) mass is 1110 g/mol. The quantitative estimate of drug-likeness (QED) is 0.0261. The number of hydrogen-bond acceptors (Lipinski definition) is 6. The lowest BCUT2D eigenvalue weighted by Gasteiger charge is -2.18. The van der Waals surface area contributed by atoms with Gasteiger partial charge in [-0.1, -0.05) is 313 Å². The van der Waals surface area contributed by atoms with Crippen LogP contribution in [0.4, 0.5) is 0 Å². The fourth-order valence-electron chi connectivity index (χ4n) is 10.5. The molecule has 6 nitrogen and oxygen atoms in total. The van der Waals surface area contributed by atoms with Crippen LogP contribution in [0.15, 0.2) is 48.6 Å². The van der Waals surface area contributed by atoms with Crippen LogP contribution in [0.1, 0.15) is 380 Å². The van der Waals surface area contributed by atoms with Crippen molar-refractivity contribution in [2.45, 2.75) is 386 Å². The van der Waals surface area contributed by atoms with Crippen LogP contribution in [0.2, 0.25) is 0 Å². The predicted octanol–water partition coefficient (Wildman–Crippen LogP) is 24.1. The summed E-state index contributed by atoms with van der Waals surface area (Å²) in [6.07, 6.45) is 85.9.